The summed E-state index contributed by atoms with van der Waals surface area (Å²) >= 11 is 0. The van der Waals surface area contributed by atoms with Gasteiger partial charge in [0.15, 0.2) is 0 Å². The summed E-state index contributed by atoms with van der Waals surface area (Å²) in [7, 11) is 0. The molecule has 21 heavy (non-hydrogen) atoms. The maximum Gasteiger partial charge on any atom is 0.326 e. The van der Waals surface area contributed by atoms with Crippen LogP contribution in [0, 0.1) is 0 Å². The molecule has 122 valence electrons. The molecule has 0 aliphatic rings. The van der Waals surface area contributed by atoms with Crippen molar-refractivity contribution in [1.82, 2.24) is 15.5 Å². The number of carboxylic acids is 1. The predicted molar refractivity (Wildman–Crippen MR) is 80.0 cm³/mol. The second-order valence-electron chi connectivity index (χ2n) is 4.75. The highest BCUT2D eigenvalue weighted by Crippen LogP contribution is 2.00. The summed E-state index contributed by atoms with van der Waals surface area (Å²) in [6.45, 7) is 7.22. The number of hydrogen-bond acceptors (Lipinski definition) is 3. The van der Waals surface area contributed by atoms with Crippen molar-refractivity contribution in [2.24, 2.45) is 0 Å². The van der Waals surface area contributed by atoms with Crippen molar-refractivity contribution in [3.8, 4) is 0 Å². The zero-order valence-electron chi connectivity index (χ0n) is 13.1. The molecule has 1 unspecified atom stereocenters. The molecule has 0 saturated carbocycles. The maximum atomic E-state index is 11.7. The minimum Gasteiger partial charge on any atom is -0.480 e. The first-order valence-electron chi connectivity index (χ1n) is 7.51. The Hall–Kier alpha value is -1.79. The van der Waals surface area contributed by atoms with Crippen LogP contribution in [0.4, 0.5) is 4.79 Å². The fourth-order valence-corrected chi connectivity index (χ4v) is 1.89. The molecule has 3 amide bonds. The van der Waals surface area contributed by atoms with Gasteiger partial charge in [-0.1, -0.05) is 19.8 Å². The Bertz CT molecular complexity index is 343. The van der Waals surface area contributed by atoms with Gasteiger partial charge in [0.25, 0.3) is 0 Å². The van der Waals surface area contributed by atoms with Crippen molar-refractivity contribution in [3.63, 3.8) is 0 Å². The molecule has 3 N–H and O–H groups in total. The molecule has 0 rings (SSSR count). The number of urea groups is 1. The van der Waals surface area contributed by atoms with Gasteiger partial charge in [-0.05, 0) is 20.3 Å². The molecule has 0 bridgehead atoms. The van der Waals surface area contributed by atoms with Gasteiger partial charge in [-0.25, -0.2) is 9.59 Å². The van der Waals surface area contributed by atoms with Crippen LogP contribution < -0.4 is 10.6 Å². The number of hydrogen-bond donors (Lipinski definition) is 3. The monoisotopic (exact) mass is 301 g/mol. The first-order valence-corrected chi connectivity index (χ1v) is 7.51. The van der Waals surface area contributed by atoms with Crippen LogP contribution >= 0.6 is 0 Å². The summed E-state index contributed by atoms with van der Waals surface area (Å²) in [4.78, 5) is 36.0. The number of carbonyl (C=O) groups is 3. The van der Waals surface area contributed by atoms with Gasteiger partial charge >= 0.3 is 12.0 Å². The summed E-state index contributed by atoms with van der Waals surface area (Å²) in [5, 5.41) is 13.9. The molecule has 0 aromatic rings. The van der Waals surface area contributed by atoms with Crippen LogP contribution in [-0.4, -0.2) is 53.6 Å². The molecule has 1 atom stereocenters. The lowest BCUT2D eigenvalue weighted by Crippen LogP contribution is -2.46. The van der Waals surface area contributed by atoms with E-state index in [4.69, 9.17) is 5.11 Å². The topological polar surface area (TPSA) is 98.7 Å². The second-order valence-corrected chi connectivity index (χ2v) is 4.75. The van der Waals surface area contributed by atoms with E-state index in [1.54, 1.807) is 4.90 Å². The minimum atomic E-state index is -1.04. The first-order chi connectivity index (χ1) is 9.96. The zero-order chi connectivity index (χ0) is 16.3. The molecule has 0 aromatic heterocycles. The third kappa shape index (κ3) is 8.16. The van der Waals surface area contributed by atoms with Crippen LogP contribution in [0.2, 0.25) is 0 Å². The van der Waals surface area contributed by atoms with Gasteiger partial charge in [-0.15, -0.1) is 0 Å². The average Bonchev–Trinajstić information content (AvgIpc) is 2.44. The summed E-state index contributed by atoms with van der Waals surface area (Å²) in [5.74, 6) is -1.07. The van der Waals surface area contributed by atoms with Crippen LogP contribution in [0.25, 0.3) is 0 Å². The Labute approximate surface area is 126 Å². The highest BCUT2D eigenvalue weighted by molar-refractivity contribution is 5.83. The molecule has 0 aliphatic heterocycles. The fourth-order valence-electron chi connectivity index (χ4n) is 1.89. The van der Waals surface area contributed by atoms with Crippen molar-refractivity contribution in [1.29, 1.82) is 0 Å². The molecule has 0 radical (unpaired) electrons. The van der Waals surface area contributed by atoms with E-state index in [2.05, 4.69) is 10.6 Å². The van der Waals surface area contributed by atoms with Gasteiger partial charge in [-0.2, -0.15) is 0 Å². The SMILES string of the molecule is CCCCC(NC(=O)NCCC(=O)N(CC)CC)C(=O)O. The fraction of sp³-hybridized carbons (Fsp3) is 0.786. The van der Waals surface area contributed by atoms with E-state index < -0.39 is 18.0 Å². The molecule has 0 aliphatic carbocycles. The molecule has 7 nitrogen and oxygen atoms in total. The Morgan fingerprint density at radius 3 is 2.24 bits per heavy atom. The second kappa shape index (κ2) is 10.9. The predicted octanol–water partition coefficient (Wildman–Crippen LogP) is 1.19. The molecular weight excluding hydrogens is 274 g/mol. The summed E-state index contributed by atoms with van der Waals surface area (Å²) in [5.41, 5.74) is 0. The van der Waals surface area contributed by atoms with E-state index in [9.17, 15) is 14.4 Å². The van der Waals surface area contributed by atoms with Crippen molar-refractivity contribution in [3.05, 3.63) is 0 Å². The average molecular weight is 301 g/mol. The first kappa shape index (κ1) is 19.2. The van der Waals surface area contributed by atoms with Crippen LogP contribution in [0.3, 0.4) is 0 Å². The number of nitrogens with zero attached hydrogens (tertiary/aromatic N) is 1. The number of rotatable bonds is 10. The highest BCUT2D eigenvalue weighted by atomic mass is 16.4. The minimum absolute atomic E-state index is 0.0268. The van der Waals surface area contributed by atoms with Gasteiger partial charge in [0.2, 0.25) is 5.91 Å². The van der Waals surface area contributed by atoms with Crippen LogP contribution in [-0.2, 0) is 9.59 Å². The van der Waals surface area contributed by atoms with E-state index in [0.717, 1.165) is 12.8 Å². The molecule has 0 spiro atoms. The Morgan fingerprint density at radius 2 is 1.76 bits per heavy atom. The van der Waals surface area contributed by atoms with Crippen LogP contribution in [0.5, 0.6) is 0 Å². The summed E-state index contributed by atoms with van der Waals surface area (Å²) < 4.78 is 0. The number of carboxylic acid groups (broad SMARTS) is 1. The van der Waals surface area contributed by atoms with Crippen LogP contribution in [0.1, 0.15) is 46.5 Å². The Kier molecular flexibility index (Phi) is 10.0. The Morgan fingerprint density at radius 1 is 1.14 bits per heavy atom. The lowest BCUT2D eigenvalue weighted by Gasteiger charge is -2.19. The van der Waals surface area contributed by atoms with Gasteiger partial charge in [0.1, 0.15) is 6.04 Å². The lowest BCUT2D eigenvalue weighted by atomic mass is 10.1. The Balaban J connectivity index is 4.08. The number of aliphatic carboxylic acids is 1. The maximum absolute atomic E-state index is 11.7. The molecule has 0 saturated heterocycles. The van der Waals surface area contributed by atoms with Crippen molar-refractivity contribution >= 4 is 17.9 Å². The normalized spacial score (nSPS) is 11.6. The molecule has 7 heteroatoms. The molecule has 0 fully saturated rings. The third-order valence-corrected chi connectivity index (χ3v) is 3.19. The quantitative estimate of drug-likeness (QED) is 0.564. The van der Waals surface area contributed by atoms with Crippen LogP contribution in [0.15, 0.2) is 0 Å². The van der Waals surface area contributed by atoms with E-state index in [1.807, 2.05) is 20.8 Å². The van der Waals surface area contributed by atoms with Gasteiger partial charge in [0, 0.05) is 26.1 Å². The molecular formula is C14H27N3O4. The van der Waals surface area contributed by atoms with Gasteiger partial charge in [0.05, 0.1) is 0 Å². The molecule has 0 aromatic carbocycles. The van der Waals surface area contributed by atoms with E-state index >= 15 is 0 Å². The zero-order valence-corrected chi connectivity index (χ0v) is 13.1. The number of carbonyl (C=O) groups excluding carboxylic acids is 2. The summed E-state index contributed by atoms with van der Waals surface area (Å²) in [6.07, 6.45) is 2.21. The van der Waals surface area contributed by atoms with Gasteiger partial charge in [-0.3, -0.25) is 4.79 Å². The van der Waals surface area contributed by atoms with E-state index in [1.165, 1.54) is 0 Å². The molecule has 0 heterocycles. The van der Waals surface area contributed by atoms with Gasteiger partial charge < -0.3 is 20.6 Å². The van der Waals surface area contributed by atoms with Crippen molar-refractivity contribution < 1.29 is 19.5 Å². The summed E-state index contributed by atoms with van der Waals surface area (Å²) in [6, 6.07) is -1.44. The van der Waals surface area contributed by atoms with E-state index in [0.29, 0.717) is 19.5 Å². The third-order valence-electron chi connectivity index (χ3n) is 3.19. The standard InChI is InChI=1S/C14H27N3O4/c1-4-7-8-11(13(19)20)16-14(21)15-10-9-12(18)17(5-2)6-3/h11H,4-10H2,1-3H3,(H,19,20)(H2,15,16,21). The number of unbranched alkanes of at least 4 members (excludes halogenated alkanes) is 1. The van der Waals surface area contributed by atoms with Crippen molar-refractivity contribution in [2.45, 2.75) is 52.5 Å². The number of nitrogens with one attached hydrogen (secondary N) is 2. The van der Waals surface area contributed by atoms with E-state index in [-0.39, 0.29) is 18.9 Å². The lowest BCUT2D eigenvalue weighted by molar-refractivity contribution is -0.139. The number of amides is 3. The van der Waals surface area contributed by atoms with Crippen molar-refractivity contribution in [2.75, 3.05) is 19.6 Å². The smallest absolute Gasteiger partial charge is 0.326 e. The highest BCUT2D eigenvalue weighted by Gasteiger charge is 2.19. The largest absolute Gasteiger partial charge is 0.480 e.